The minimum absolute atomic E-state index is 0.0648. The first-order valence-electron chi connectivity index (χ1n) is 20.8. The van der Waals surface area contributed by atoms with Gasteiger partial charge in [0.2, 0.25) is 0 Å². The monoisotopic (exact) mass is 852 g/mol. The molecule has 2 aromatic rings. The van der Waals surface area contributed by atoms with E-state index in [-0.39, 0.29) is 61.7 Å². The van der Waals surface area contributed by atoms with Crippen molar-refractivity contribution in [2.24, 2.45) is 11.3 Å². The van der Waals surface area contributed by atoms with Crippen molar-refractivity contribution in [1.82, 2.24) is 0 Å². The van der Waals surface area contributed by atoms with Crippen LogP contribution in [0.5, 0.6) is 5.75 Å². The summed E-state index contributed by atoms with van der Waals surface area (Å²) >= 11 is 0. The number of esters is 6. The van der Waals surface area contributed by atoms with Gasteiger partial charge < -0.3 is 33.2 Å². The molecule has 0 atom stereocenters. The Bertz CT molecular complexity index is 1820. The molecule has 334 valence electrons. The standard InChI is InChI=1S/C47H61FO13/c1-8-9-10-11-33-12-14-34(15-13-33)35-16-18-39(40(48)25-35)38-19-17-37(24-36(38)26-57-45(53)31(2)3)58-27-47(30-61-46(54)32(4)5,28-59-43(51)22-20-41(49)55-6)29-60-44(52)23-21-42(50)56-7/h16-19,24-25,33-34H,2,4,8-15,20-23,26-30H2,1,3,5-7H3. The summed E-state index contributed by atoms with van der Waals surface area (Å²) in [6, 6.07) is 10.0. The van der Waals surface area contributed by atoms with Crippen molar-refractivity contribution in [1.29, 1.82) is 0 Å². The number of ether oxygens (including phenoxy) is 7. The van der Waals surface area contributed by atoms with Crippen LogP contribution in [0.15, 0.2) is 60.7 Å². The van der Waals surface area contributed by atoms with Crippen LogP contribution in [0.2, 0.25) is 0 Å². The van der Waals surface area contributed by atoms with E-state index in [2.05, 4.69) is 29.6 Å². The van der Waals surface area contributed by atoms with Crippen molar-refractivity contribution in [3.8, 4) is 16.9 Å². The number of carbonyl (C=O) groups is 6. The van der Waals surface area contributed by atoms with E-state index in [1.54, 1.807) is 30.3 Å². The largest absolute Gasteiger partial charge is 0.493 e. The van der Waals surface area contributed by atoms with Crippen LogP contribution < -0.4 is 4.74 Å². The molecule has 0 unspecified atom stereocenters. The normalized spacial score (nSPS) is 14.9. The number of halogens is 1. The number of hydrogen-bond acceptors (Lipinski definition) is 13. The molecular formula is C47H61FO13. The van der Waals surface area contributed by atoms with Crippen LogP contribution in [-0.2, 0) is 63.8 Å². The van der Waals surface area contributed by atoms with Gasteiger partial charge in [0.1, 0.15) is 50.0 Å². The summed E-state index contributed by atoms with van der Waals surface area (Å²) in [6.07, 6.45) is 8.03. The maximum Gasteiger partial charge on any atom is 0.333 e. The summed E-state index contributed by atoms with van der Waals surface area (Å²) < 4.78 is 53.5. The van der Waals surface area contributed by atoms with Crippen molar-refractivity contribution < 1.29 is 66.3 Å². The van der Waals surface area contributed by atoms with E-state index in [4.69, 9.17) is 23.7 Å². The molecule has 1 aliphatic carbocycles. The van der Waals surface area contributed by atoms with Crippen LogP contribution in [0.4, 0.5) is 4.39 Å². The summed E-state index contributed by atoms with van der Waals surface area (Å²) in [5, 5.41) is 0. The Morgan fingerprint density at radius 3 is 1.75 bits per heavy atom. The minimum Gasteiger partial charge on any atom is -0.493 e. The zero-order chi connectivity index (χ0) is 45.0. The molecule has 0 aromatic heterocycles. The first kappa shape index (κ1) is 49.8. The maximum atomic E-state index is 16.1. The molecule has 0 amide bonds. The van der Waals surface area contributed by atoms with Crippen molar-refractivity contribution in [2.45, 2.75) is 110 Å². The molecular weight excluding hydrogens is 792 g/mol. The molecule has 1 aliphatic rings. The average molecular weight is 853 g/mol. The Hall–Kier alpha value is -5.53. The molecule has 0 bridgehead atoms. The number of benzene rings is 2. The van der Waals surface area contributed by atoms with Gasteiger partial charge in [0.05, 0.1) is 39.9 Å². The van der Waals surface area contributed by atoms with Crippen molar-refractivity contribution in [3.05, 3.63) is 77.6 Å². The van der Waals surface area contributed by atoms with Gasteiger partial charge in [0, 0.05) is 22.3 Å². The lowest BCUT2D eigenvalue weighted by Gasteiger charge is -2.32. The average Bonchev–Trinajstić information content (AvgIpc) is 3.26. The van der Waals surface area contributed by atoms with Crippen LogP contribution in [-0.4, -0.2) is 76.5 Å². The summed E-state index contributed by atoms with van der Waals surface area (Å²) in [6.45, 7) is 10.2. The number of unbranched alkanes of at least 4 members (excludes halogenated alkanes) is 2. The van der Waals surface area contributed by atoms with Crippen molar-refractivity contribution >= 4 is 35.8 Å². The third-order valence-corrected chi connectivity index (χ3v) is 10.6. The Labute approximate surface area is 358 Å². The van der Waals surface area contributed by atoms with Gasteiger partial charge in [-0.1, -0.05) is 64.0 Å². The molecule has 0 radical (unpaired) electrons. The van der Waals surface area contributed by atoms with Gasteiger partial charge in [-0.15, -0.1) is 0 Å². The number of methoxy groups -OCH3 is 2. The molecule has 3 rings (SSSR count). The predicted octanol–water partition coefficient (Wildman–Crippen LogP) is 8.44. The highest BCUT2D eigenvalue weighted by molar-refractivity contribution is 5.87. The van der Waals surface area contributed by atoms with E-state index in [0.29, 0.717) is 16.7 Å². The van der Waals surface area contributed by atoms with Crippen LogP contribution in [0, 0.1) is 17.2 Å². The van der Waals surface area contributed by atoms with Gasteiger partial charge in [-0.3, -0.25) is 19.2 Å². The van der Waals surface area contributed by atoms with Crippen LogP contribution in [0.3, 0.4) is 0 Å². The first-order valence-corrected chi connectivity index (χ1v) is 20.8. The second kappa shape index (κ2) is 25.3. The van der Waals surface area contributed by atoms with Crippen LogP contribution in [0.1, 0.15) is 115 Å². The van der Waals surface area contributed by atoms with Gasteiger partial charge in [-0.2, -0.15) is 0 Å². The highest BCUT2D eigenvalue weighted by Gasteiger charge is 2.38. The fourth-order valence-corrected chi connectivity index (χ4v) is 6.83. The third-order valence-electron chi connectivity index (χ3n) is 10.6. The number of hydrogen-bond donors (Lipinski definition) is 0. The second-order valence-electron chi connectivity index (χ2n) is 15.7. The second-order valence-corrected chi connectivity index (χ2v) is 15.7. The Morgan fingerprint density at radius 1 is 0.672 bits per heavy atom. The molecule has 0 N–H and O–H groups in total. The Morgan fingerprint density at radius 2 is 1.21 bits per heavy atom. The van der Waals surface area contributed by atoms with Crippen molar-refractivity contribution in [2.75, 3.05) is 40.6 Å². The molecule has 0 saturated heterocycles. The fourth-order valence-electron chi connectivity index (χ4n) is 6.83. The SMILES string of the molecule is C=C(C)C(=O)OCc1cc(OCC(COC(=O)CCC(=O)OC)(COC(=O)CCC(=O)OC)COC(=O)C(=C)C)ccc1-c1ccc(C2CCC(CCCCC)CC2)cc1F. The smallest absolute Gasteiger partial charge is 0.333 e. The molecule has 1 saturated carbocycles. The summed E-state index contributed by atoms with van der Waals surface area (Å²) in [5.74, 6) is -3.55. The lowest BCUT2D eigenvalue weighted by molar-refractivity contribution is -0.165. The van der Waals surface area contributed by atoms with Gasteiger partial charge in [-0.05, 0) is 80.7 Å². The van der Waals surface area contributed by atoms with Crippen LogP contribution >= 0.6 is 0 Å². The fraction of sp³-hybridized carbons (Fsp3) is 0.532. The van der Waals surface area contributed by atoms with Gasteiger partial charge in [0.15, 0.2) is 0 Å². The molecule has 13 nitrogen and oxygen atoms in total. The van der Waals surface area contributed by atoms with E-state index in [0.717, 1.165) is 37.2 Å². The lowest BCUT2D eigenvalue weighted by atomic mass is 9.77. The molecule has 1 fully saturated rings. The highest BCUT2D eigenvalue weighted by Crippen LogP contribution is 2.40. The van der Waals surface area contributed by atoms with E-state index >= 15 is 4.39 Å². The van der Waals surface area contributed by atoms with E-state index in [9.17, 15) is 28.8 Å². The first-order chi connectivity index (χ1) is 29.1. The quantitative estimate of drug-likeness (QED) is 0.0404. The molecule has 2 aromatic carbocycles. The zero-order valence-electron chi connectivity index (χ0n) is 36.2. The molecule has 0 aliphatic heterocycles. The van der Waals surface area contributed by atoms with E-state index in [1.807, 2.05) is 6.07 Å². The zero-order valence-corrected chi connectivity index (χ0v) is 36.2. The number of rotatable bonds is 25. The minimum atomic E-state index is -1.55. The lowest BCUT2D eigenvalue weighted by Crippen LogP contribution is -2.44. The van der Waals surface area contributed by atoms with Gasteiger partial charge >= 0.3 is 35.8 Å². The Kier molecular flexibility index (Phi) is 20.7. The van der Waals surface area contributed by atoms with E-state index < -0.39 is 66.9 Å². The van der Waals surface area contributed by atoms with Crippen molar-refractivity contribution in [3.63, 3.8) is 0 Å². The molecule has 61 heavy (non-hydrogen) atoms. The summed E-state index contributed by atoms with van der Waals surface area (Å²) in [4.78, 5) is 73.9. The summed E-state index contributed by atoms with van der Waals surface area (Å²) in [5.41, 5.74) is 0.776. The molecule has 14 heteroatoms. The topological polar surface area (TPSA) is 167 Å². The third kappa shape index (κ3) is 16.8. The Balaban J connectivity index is 1.95. The maximum absolute atomic E-state index is 16.1. The number of carbonyl (C=O) groups excluding carboxylic acids is 6. The van der Waals surface area contributed by atoms with E-state index in [1.165, 1.54) is 53.8 Å². The predicted molar refractivity (Wildman–Crippen MR) is 223 cm³/mol. The van der Waals surface area contributed by atoms with Crippen LogP contribution in [0.25, 0.3) is 11.1 Å². The van der Waals surface area contributed by atoms with Gasteiger partial charge in [-0.25, -0.2) is 14.0 Å². The molecule has 0 spiro atoms. The summed E-state index contributed by atoms with van der Waals surface area (Å²) in [7, 11) is 2.35. The molecule has 0 heterocycles. The highest BCUT2D eigenvalue weighted by atomic mass is 19.1. The van der Waals surface area contributed by atoms with Gasteiger partial charge in [0.25, 0.3) is 0 Å².